The molecule has 0 aliphatic heterocycles. The summed E-state index contributed by atoms with van der Waals surface area (Å²) in [5.41, 5.74) is 0. The van der Waals surface area contributed by atoms with Crippen molar-refractivity contribution < 1.29 is 106 Å². The first-order valence-corrected chi connectivity index (χ1v) is 21.1. The van der Waals surface area contributed by atoms with Crippen molar-refractivity contribution in [2.24, 2.45) is 0 Å². The molecule has 0 unspecified atom stereocenters. The summed E-state index contributed by atoms with van der Waals surface area (Å²) in [7, 11) is 0. The number of rotatable bonds is 50. The van der Waals surface area contributed by atoms with E-state index in [1.54, 1.807) is 0 Å². The molecule has 0 aromatic rings. The number of hydrogen-bond donors (Lipinski definition) is 4. The molecule has 24 nitrogen and oxygen atoms in total. The van der Waals surface area contributed by atoms with Gasteiger partial charge in [-0.05, 0) is 0 Å². The minimum Gasteiger partial charge on any atom is -0.481 e. The Morgan fingerprint density at radius 2 is 0.422 bits per heavy atom. The van der Waals surface area contributed by atoms with E-state index in [4.69, 9.17) is 77.3 Å². The van der Waals surface area contributed by atoms with Crippen LogP contribution in [0.3, 0.4) is 0 Å². The van der Waals surface area contributed by atoms with Gasteiger partial charge in [-0.25, -0.2) is 0 Å². The highest BCUT2D eigenvalue weighted by molar-refractivity contribution is 5.96. The highest BCUT2D eigenvalue weighted by Gasteiger charge is 2.15. The van der Waals surface area contributed by atoms with Crippen LogP contribution in [0.25, 0.3) is 0 Å². The lowest BCUT2D eigenvalue weighted by Gasteiger charge is -2.23. The number of amides is 2. The molecule has 372 valence electrons. The Bertz CT molecular complexity index is 1070. The van der Waals surface area contributed by atoms with Gasteiger partial charge >= 0.3 is 23.9 Å². The van der Waals surface area contributed by atoms with Gasteiger partial charge in [0.1, 0.15) is 0 Å². The minimum absolute atomic E-state index is 0.0880. The van der Waals surface area contributed by atoms with Crippen LogP contribution in [0.4, 0.5) is 0 Å². The lowest BCUT2D eigenvalue weighted by molar-refractivity contribution is -0.139. The molecule has 0 saturated carbocycles. The molecule has 0 aromatic heterocycles. The van der Waals surface area contributed by atoms with Crippen LogP contribution in [0.1, 0.15) is 25.7 Å². The molecule has 2 amide bonds. The van der Waals surface area contributed by atoms with Crippen molar-refractivity contribution in [3.05, 3.63) is 12.2 Å². The van der Waals surface area contributed by atoms with Crippen molar-refractivity contribution in [3.63, 3.8) is 0 Å². The zero-order valence-electron chi connectivity index (χ0n) is 36.8. The molecular formula is C40H70N2O22. The second-order valence-electron chi connectivity index (χ2n) is 12.9. The third kappa shape index (κ3) is 44.7. The summed E-state index contributed by atoms with van der Waals surface area (Å²) >= 11 is 0. The minimum atomic E-state index is -0.949. The smallest absolute Gasteiger partial charge is 0.305 e. The molecule has 0 rings (SSSR count). The fourth-order valence-electron chi connectivity index (χ4n) is 4.52. The monoisotopic (exact) mass is 930 g/mol. The van der Waals surface area contributed by atoms with Gasteiger partial charge in [0.25, 0.3) is 0 Å². The third-order valence-electron chi connectivity index (χ3n) is 7.83. The average Bonchev–Trinajstić information content (AvgIpc) is 3.25. The molecule has 64 heavy (non-hydrogen) atoms. The van der Waals surface area contributed by atoms with E-state index in [-0.39, 0.29) is 210 Å². The van der Waals surface area contributed by atoms with E-state index < -0.39 is 35.7 Å². The average molecular weight is 931 g/mol. The van der Waals surface area contributed by atoms with Crippen LogP contribution in [0.15, 0.2) is 12.2 Å². The fourth-order valence-corrected chi connectivity index (χ4v) is 4.52. The number of carboxylic acids is 4. The zero-order chi connectivity index (χ0) is 47.1. The quantitative estimate of drug-likeness (QED) is 0.0433. The van der Waals surface area contributed by atoms with E-state index in [9.17, 15) is 28.8 Å². The molecule has 0 aromatic carbocycles. The highest BCUT2D eigenvalue weighted by Crippen LogP contribution is 1.99. The predicted octanol–water partition coefficient (Wildman–Crippen LogP) is -0.702. The van der Waals surface area contributed by atoms with E-state index >= 15 is 0 Å². The van der Waals surface area contributed by atoms with E-state index in [0.717, 1.165) is 12.2 Å². The number of ether oxygens (including phenoxy) is 12. The SMILES string of the molecule is O=C(O)CCOCCOCCOCCN(CCOCCOCCOCCC(=O)O)C(=O)/C=C\C(=O)N(CCOCCOCCOCCC(=O)O)CCOCCOCCOCCC(=O)O. The van der Waals surface area contributed by atoms with Crippen molar-refractivity contribution in [2.45, 2.75) is 25.7 Å². The van der Waals surface area contributed by atoms with Crippen LogP contribution < -0.4 is 0 Å². The van der Waals surface area contributed by atoms with E-state index in [0.29, 0.717) is 0 Å². The maximum Gasteiger partial charge on any atom is 0.305 e. The molecule has 24 heteroatoms. The van der Waals surface area contributed by atoms with Crippen molar-refractivity contribution >= 4 is 35.7 Å². The third-order valence-corrected chi connectivity index (χ3v) is 7.83. The lowest BCUT2D eigenvalue weighted by atomic mass is 10.3. The van der Waals surface area contributed by atoms with Crippen molar-refractivity contribution in [1.29, 1.82) is 0 Å². The molecule has 0 spiro atoms. The summed E-state index contributed by atoms with van der Waals surface area (Å²) in [6, 6.07) is 0. The Kier molecular flexibility index (Phi) is 42.8. The molecule has 0 aliphatic rings. The lowest BCUT2D eigenvalue weighted by Crippen LogP contribution is -2.37. The van der Waals surface area contributed by atoms with Gasteiger partial charge in [-0.2, -0.15) is 0 Å². The number of carboxylic acid groups (broad SMARTS) is 4. The van der Waals surface area contributed by atoms with Crippen LogP contribution in [0.2, 0.25) is 0 Å². The van der Waals surface area contributed by atoms with Gasteiger partial charge < -0.3 is 87.1 Å². The first-order chi connectivity index (χ1) is 31.0. The molecule has 4 N–H and O–H groups in total. The van der Waals surface area contributed by atoms with Gasteiger partial charge in [0.2, 0.25) is 11.8 Å². The van der Waals surface area contributed by atoms with Crippen molar-refractivity contribution in [3.8, 4) is 0 Å². The first-order valence-electron chi connectivity index (χ1n) is 21.1. The van der Waals surface area contributed by atoms with Crippen LogP contribution in [-0.2, 0) is 85.6 Å². The van der Waals surface area contributed by atoms with E-state index in [2.05, 4.69) is 0 Å². The Morgan fingerprint density at radius 1 is 0.266 bits per heavy atom. The molecule has 0 radical (unpaired) electrons. The van der Waals surface area contributed by atoms with Crippen LogP contribution in [-0.4, -0.2) is 251 Å². The maximum atomic E-state index is 13.3. The highest BCUT2D eigenvalue weighted by atomic mass is 16.6. The Morgan fingerprint density at radius 3 is 0.594 bits per heavy atom. The largest absolute Gasteiger partial charge is 0.481 e. The second-order valence-corrected chi connectivity index (χ2v) is 12.9. The summed E-state index contributed by atoms with van der Waals surface area (Å²) in [5, 5.41) is 34.6. The molecule has 0 fully saturated rings. The number of hydrogen-bond acceptors (Lipinski definition) is 18. The fraction of sp³-hybridized carbons (Fsp3) is 0.800. The van der Waals surface area contributed by atoms with E-state index in [1.807, 2.05) is 0 Å². The normalized spacial score (nSPS) is 11.3. The number of carbonyl (C=O) groups excluding carboxylic acids is 2. The van der Waals surface area contributed by atoms with Crippen molar-refractivity contribution in [2.75, 3.05) is 185 Å². The van der Waals surface area contributed by atoms with Gasteiger partial charge in [-0.3, -0.25) is 28.8 Å². The summed E-state index contributed by atoms with van der Waals surface area (Å²) in [6.07, 6.45) is 1.94. The maximum absolute atomic E-state index is 13.3. The summed E-state index contributed by atoms with van der Waals surface area (Å²) < 4.78 is 64.9. The number of carbonyl (C=O) groups is 6. The van der Waals surface area contributed by atoms with Gasteiger partial charge in [-0.15, -0.1) is 0 Å². The summed E-state index contributed by atoms with van der Waals surface area (Å²) in [4.78, 5) is 71.8. The summed E-state index contributed by atoms with van der Waals surface area (Å²) in [5.74, 6) is -4.73. The molecule has 0 atom stereocenters. The molecule has 0 heterocycles. The first kappa shape index (κ1) is 60.1. The van der Waals surface area contributed by atoms with Gasteiger partial charge in [0, 0.05) is 38.3 Å². The Hall–Kier alpha value is -3.92. The molecule has 0 aliphatic carbocycles. The van der Waals surface area contributed by atoms with Crippen LogP contribution >= 0.6 is 0 Å². The number of nitrogens with zero attached hydrogens (tertiary/aromatic N) is 2. The van der Waals surface area contributed by atoms with Crippen molar-refractivity contribution in [1.82, 2.24) is 9.80 Å². The molecule has 0 bridgehead atoms. The van der Waals surface area contributed by atoms with Gasteiger partial charge in [0.15, 0.2) is 0 Å². The van der Waals surface area contributed by atoms with E-state index in [1.165, 1.54) is 9.80 Å². The Labute approximate surface area is 373 Å². The summed E-state index contributed by atoms with van der Waals surface area (Å²) in [6.45, 7) is 5.50. The predicted molar refractivity (Wildman–Crippen MR) is 221 cm³/mol. The van der Waals surface area contributed by atoms with Gasteiger partial charge in [0.05, 0.1) is 184 Å². The van der Waals surface area contributed by atoms with Crippen LogP contribution in [0, 0.1) is 0 Å². The Balaban J connectivity index is 5.09. The molecule has 0 saturated heterocycles. The number of aliphatic carboxylic acids is 4. The second kappa shape index (κ2) is 45.6. The van der Waals surface area contributed by atoms with Crippen LogP contribution in [0.5, 0.6) is 0 Å². The zero-order valence-corrected chi connectivity index (χ0v) is 36.8. The standard InChI is InChI=1S/C40H70N2O22/c43-35(41(7-15-57-23-31-61-27-19-53-11-3-37(45)46)8-16-58-24-32-62-28-20-54-12-4-38(47)48)1-2-36(44)42(9-17-59-25-33-63-29-21-55-13-5-39(49)50)10-18-60-26-34-64-30-22-56-14-6-40(51)52/h1-2H,3-34H2,(H,45,46)(H,47,48)(H,49,50)(H,51,52)/b2-1-. The van der Waals surface area contributed by atoms with Gasteiger partial charge in [-0.1, -0.05) is 0 Å². The molecular weight excluding hydrogens is 860 g/mol. The topological polar surface area (TPSA) is 301 Å².